The van der Waals surface area contributed by atoms with E-state index in [0.717, 1.165) is 0 Å². The molecule has 0 aliphatic rings. The van der Waals surface area contributed by atoms with Gasteiger partial charge in [0.05, 0.1) is 16.6 Å². The van der Waals surface area contributed by atoms with E-state index < -0.39 is 16.4 Å². The number of rotatable bonds is 7. The summed E-state index contributed by atoms with van der Waals surface area (Å²) in [6.07, 6.45) is 0.513. The van der Waals surface area contributed by atoms with Gasteiger partial charge in [-0.2, -0.15) is 0 Å². The van der Waals surface area contributed by atoms with E-state index >= 15 is 0 Å². The summed E-state index contributed by atoms with van der Waals surface area (Å²) in [6, 6.07) is 5.59. The molecule has 0 aliphatic heterocycles. The van der Waals surface area contributed by atoms with Crippen molar-refractivity contribution in [2.24, 2.45) is 0 Å². The molecule has 0 aliphatic carbocycles. The summed E-state index contributed by atoms with van der Waals surface area (Å²) in [5.41, 5.74) is -1.06. The van der Waals surface area contributed by atoms with Crippen molar-refractivity contribution in [1.29, 1.82) is 0 Å². The molecule has 0 radical (unpaired) electrons. The lowest BCUT2D eigenvalue weighted by atomic mass is 10.0. The van der Waals surface area contributed by atoms with Crippen LogP contribution in [0.4, 0.5) is 5.69 Å². The zero-order valence-corrected chi connectivity index (χ0v) is 11.5. The summed E-state index contributed by atoms with van der Waals surface area (Å²) in [5.74, 6) is -0.151. The number of nitrogens with one attached hydrogen (secondary N) is 1. The van der Waals surface area contributed by atoms with Gasteiger partial charge in [-0.15, -0.1) is 0 Å². The molecule has 0 heterocycles. The second-order valence-electron chi connectivity index (χ2n) is 4.67. The van der Waals surface area contributed by atoms with Crippen LogP contribution in [0.1, 0.15) is 20.3 Å². The van der Waals surface area contributed by atoms with Crippen LogP contribution in [0.15, 0.2) is 24.3 Å². The number of hydrogen-bond donors (Lipinski definition) is 2. The number of non-ortho nitro benzene ring substituents is 1. The standard InChI is InChI=1S/C13H18N2O5/c1-3-13(2,17)9-14-12(16)8-20-11-6-4-5-10(7-11)15(18)19/h4-7,17H,3,8-9H2,1-2H3,(H,14,16). The first-order valence-corrected chi connectivity index (χ1v) is 6.20. The van der Waals surface area contributed by atoms with Gasteiger partial charge in [-0.05, 0) is 19.4 Å². The molecular weight excluding hydrogens is 264 g/mol. The normalized spacial score (nSPS) is 13.3. The van der Waals surface area contributed by atoms with E-state index in [1.165, 1.54) is 24.3 Å². The van der Waals surface area contributed by atoms with Gasteiger partial charge in [0.1, 0.15) is 5.75 Å². The van der Waals surface area contributed by atoms with Crippen molar-refractivity contribution < 1.29 is 19.6 Å². The van der Waals surface area contributed by atoms with Gasteiger partial charge in [0.15, 0.2) is 6.61 Å². The highest BCUT2D eigenvalue weighted by Gasteiger charge is 2.18. The molecule has 0 fully saturated rings. The topological polar surface area (TPSA) is 102 Å². The third-order valence-corrected chi connectivity index (χ3v) is 2.83. The van der Waals surface area contributed by atoms with Crippen molar-refractivity contribution in [3.63, 3.8) is 0 Å². The molecule has 20 heavy (non-hydrogen) atoms. The van der Waals surface area contributed by atoms with E-state index in [0.29, 0.717) is 6.42 Å². The maximum atomic E-state index is 11.5. The molecule has 1 aromatic carbocycles. The van der Waals surface area contributed by atoms with E-state index in [2.05, 4.69) is 5.32 Å². The fourth-order valence-electron chi connectivity index (χ4n) is 1.30. The lowest BCUT2D eigenvalue weighted by molar-refractivity contribution is -0.384. The monoisotopic (exact) mass is 282 g/mol. The van der Waals surface area contributed by atoms with Crippen LogP contribution in [0.25, 0.3) is 0 Å². The highest BCUT2D eigenvalue weighted by molar-refractivity contribution is 5.77. The Hall–Kier alpha value is -2.15. The Labute approximate surface area is 116 Å². The molecule has 0 aromatic heterocycles. The van der Waals surface area contributed by atoms with E-state index in [9.17, 15) is 20.0 Å². The maximum Gasteiger partial charge on any atom is 0.273 e. The van der Waals surface area contributed by atoms with Crippen molar-refractivity contribution in [3.05, 3.63) is 34.4 Å². The lowest BCUT2D eigenvalue weighted by Gasteiger charge is -2.21. The predicted molar refractivity (Wildman–Crippen MR) is 72.5 cm³/mol. The number of amides is 1. The number of carbonyl (C=O) groups excluding carboxylic acids is 1. The number of ether oxygens (including phenoxy) is 1. The smallest absolute Gasteiger partial charge is 0.273 e. The average molecular weight is 282 g/mol. The molecule has 0 saturated carbocycles. The average Bonchev–Trinajstić information content (AvgIpc) is 2.43. The van der Waals surface area contributed by atoms with Gasteiger partial charge in [-0.25, -0.2) is 0 Å². The Morgan fingerprint density at radius 3 is 2.85 bits per heavy atom. The summed E-state index contributed by atoms with van der Waals surface area (Å²) >= 11 is 0. The largest absolute Gasteiger partial charge is 0.484 e. The molecule has 0 bridgehead atoms. The molecule has 110 valence electrons. The van der Waals surface area contributed by atoms with Crippen LogP contribution in [-0.2, 0) is 4.79 Å². The molecule has 1 unspecified atom stereocenters. The summed E-state index contributed by atoms with van der Waals surface area (Å²) in [4.78, 5) is 21.6. The minimum Gasteiger partial charge on any atom is -0.484 e. The zero-order valence-electron chi connectivity index (χ0n) is 11.5. The molecule has 1 amide bonds. The highest BCUT2D eigenvalue weighted by atomic mass is 16.6. The fourth-order valence-corrected chi connectivity index (χ4v) is 1.30. The summed E-state index contributed by atoms with van der Waals surface area (Å²) < 4.78 is 5.16. The molecule has 7 heteroatoms. The van der Waals surface area contributed by atoms with Gasteiger partial charge in [0, 0.05) is 12.6 Å². The molecule has 1 aromatic rings. The molecule has 0 saturated heterocycles. The van der Waals surface area contributed by atoms with Crippen LogP contribution < -0.4 is 10.1 Å². The quantitative estimate of drug-likeness (QED) is 0.579. The molecular formula is C13H18N2O5. The number of nitro groups is 1. The number of hydrogen-bond acceptors (Lipinski definition) is 5. The Kier molecular flexibility index (Phi) is 5.45. The Bertz CT molecular complexity index is 487. The van der Waals surface area contributed by atoms with Crippen LogP contribution in [0.2, 0.25) is 0 Å². The molecule has 7 nitrogen and oxygen atoms in total. The first-order chi connectivity index (χ1) is 9.34. The van der Waals surface area contributed by atoms with Gasteiger partial charge >= 0.3 is 0 Å². The Morgan fingerprint density at radius 1 is 1.55 bits per heavy atom. The number of carbonyl (C=O) groups is 1. The fraction of sp³-hybridized carbons (Fsp3) is 0.462. The first kappa shape index (κ1) is 15.9. The third-order valence-electron chi connectivity index (χ3n) is 2.83. The van der Waals surface area contributed by atoms with Gasteiger partial charge in [-0.1, -0.05) is 13.0 Å². The van der Waals surface area contributed by atoms with Crippen LogP contribution in [0.5, 0.6) is 5.75 Å². The van der Waals surface area contributed by atoms with Crippen LogP contribution in [0.3, 0.4) is 0 Å². The highest BCUT2D eigenvalue weighted by Crippen LogP contribution is 2.18. The van der Waals surface area contributed by atoms with E-state index in [-0.39, 0.29) is 24.6 Å². The second-order valence-corrected chi connectivity index (χ2v) is 4.67. The minimum atomic E-state index is -0.957. The molecule has 2 N–H and O–H groups in total. The van der Waals surface area contributed by atoms with E-state index in [1.54, 1.807) is 6.92 Å². The van der Waals surface area contributed by atoms with Crippen LogP contribution >= 0.6 is 0 Å². The van der Waals surface area contributed by atoms with Crippen LogP contribution in [0, 0.1) is 10.1 Å². The van der Waals surface area contributed by atoms with Gasteiger partial charge in [0.2, 0.25) is 0 Å². The lowest BCUT2D eigenvalue weighted by Crippen LogP contribution is -2.41. The minimum absolute atomic E-state index is 0.100. The van der Waals surface area contributed by atoms with E-state index in [4.69, 9.17) is 4.74 Å². The zero-order chi connectivity index (χ0) is 15.2. The predicted octanol–water partition coefficient (Wildman–Crippen LogP) is 1.25. The maximum absolute atomic E-state index is 11.5. The Morgan fingerprint density at radius 2 is 2.25 bits per heavy atom. The molecule has 0 spiro atoms. The number of nitrogens with zero attached hydrogens (tertiary/aromatic N) is 1. The summed E-state index contributed by atoms with van der Waals surface area (Å²) in [5, 5.41) is 22.8. The number of aliphatic hydroxyl groups is 1. The summed E-state index contributed by atoms with van der Waals surface area (Å²) in [7, 11) is 0. The van der Waals surface area contributed by atoms with Crippen molar-refractivity contribution in [3.8, 4) is 5.75 Å². The number of benzene rings is 1. The van der Waals surface area contributed by atoms with Gasteiger partial charge in [-0.3, -0.25) is 14.9 Å². The van der Waals surface area contributed by atoms with Crippen molar-refractivity contribution in [2.75, 3.05) is 13.2 Å². The van der Waals surface area contributed by atoms with E-state index in [1.807, 2.05) is 6.92 Å². The Balaban J connectivity index is 2.45. The van der Waals surface area contributed by atoms with Crippen LogP contribution in [-0.4, -0.2) is 34.7 Å². The van der Waals surface area contributed by atoms with Gasteiger partial charge < -0.3 is 15.2 Å². The number of nitro benzene ring substituents is 1. The molecule has 1 rings (SSSR count). The van der Waals surface area contributed by atoms with Crippen molar-refractivity contribution >= 4 is 11.6 Å². The molecule has 1 atom stereocenters. The van der Waals surface area contributed by atoms with Crippen molar-refractivity contribution in [1.82, 2.24) is 5.32 Å². The van der Waals surface area contributed by atoms with Gasteiger partial charge in [0.25, 0.3) is 11.6 Å². The third kappa shape index (κ3) is 5.23. The first-order valence-electron chi connectivity index (χ1n) is 6.20. The van der Waals surface area contributed by atoms with Crippen molar-refractivity contribution in [2.45, 2.75) is 25.9 Å². The second kappa shape index (κ2) is 6.85. The summed E-state index contributed by atoms with van der Waals surface area (Å²) in [6.45, 7) is 3.29. The SMILES string of the molecule is CCC(C)(O)CNC(=O)COc1cccc([N+](=O)[O-])c1.